The maximum absolute atomic E-state index is 11.0. The summed E-state index contributed by atoms with van der Waals surface area (Å²) in [5.41, 5.74) is 5.69. The molecule has 0 radical (unpaired) electrons. The second-order valence-electron chi connectivity index (χ2n) is 4.65. The Morgan fingerprint density at radius 2 is 1.94 bits per heavy atom. The van der Waals surface area contributed by atoms with Gasteiger partial charge in [-0.05, 0) is 5.56 Å². The summed E-state index contributed by atoms with van der Waals surface area (Å²) in [7, 11) is 1.62. The smallest absolute Gasteiger partial charge is 0.405 e. The van der Waals surface area contributed by atoms with E-state index < -0.39 is 12.2 Å². The lowest BCUT2D eigenvalue weighted by molar-refractivity contribution is -0.0187. The van der Waals surface area contributed by atoms with Crippen LogP contribution in [0.2, 0.25) is 0 Å². The van der Waals surface area contributed by atoms with Gasteiger partial charge in [-0.25, -0.2) is 4.79 Å². The van der Waals surface area contributed by atoms with E-state index in [2.05, 4.69) is 0 Å². The summed E-state index contributed by atoms with van der Waals surface area (Å²) < 4.78 is 10.4. The summed E-state index contributed by atoms with van der Waals surface area (Å²) in [5.74, 6) is 0. The van der Waals surface area contributed by atoms with E-state index >= 15 is 0 Å². The Bertz CT molecular complexity index is 362. The summed E-state index contributed by atoms with van der Waals surface area (Å²) in [6.07, 6.45) is -1.19. The van der Waals surface area contributed by atoms with Crippen molar-refractivity contribution in [1.29, 1.82) is 0 Å². The SMILES string of the molecule is COCC(C)(C)C(OC(N)=O)c1ccccc1. The molecule has 2 N–H and O–H groups in total. The molecule has 1 aromatic carbocycles. The molecule has 1 rings (SSSR count). The first-order valence-corrected chi connectivity index (χ1v) is 5.47. The van der Waals surface area contributed by atoms with Gasteiger partial charge in [0.05, 0.1) is 6.61 Å². The highest BCUT2D eigenvalue weighted by molar-refractivity contribution is 5.65. The van der Waals surface area contributed by atoms with Crippen LogP contribution in [0.5, 0.6) is 0 Å². The number of methoxy groups -OCH3 is 1. The van der Waals surface area contributed by atoms with Gasteiger partial charge in [0.1, 0.15) is 6.10 Å². The fourth-order valence-electron chi connectivity index (χ4n) is 1.87. The fraction of sp³-hybridized carbons (Fsp3) is 0.462. The molecule has 0 aliphatic carbocycles. The van der Waals surface area contributed by atoms with Crippen molar-refractivity contribution < 1.29 is 14.3 Å². The number of rotatable bonds is 5. The lowest BCUT2D eigenvalue weighted by Gasteiger charge is -2.32. The Kier molecular flexibility index (Phi) is 4.52. The summed E-state index contributed by atoms with van der Waals surface area (Å²) in [4.78, 5) is 11.0. The Morgan fingerprint density at radius 3 is 2.41 bits per heavy atom. The van der Waals surface area contributed by atoms with Crippen LogP contribution in [0.15, 0.2) is 30.3 Å². The van der Waals surface area contributed by atoms with Gasteiger partial charge in [0.25, 0.3) is 0 Å². The lowest BCUT2D eigenvalue weighted by Crippen LogP contribution is -2.32. The van der Waals surface area contributed by atoms with Crippen LogP contribution in [0.25, 0.3) is 0 Å². The molecule has 1 aromatic rings. The number of carbonyl (C=O) groups is 1. The van der Waals surface area contributed by atoms with Gasteiger partial charge < -0.3 is 15.2 Å². The number of hydrogen-bond donors (Lipinski definition) is 1. The fourth-order valence-corrected chi connectivity index (χ4v) is 1.87. The Balaban J connectivity index is 2.99. The summed E-state index contributed by atoms with van der Waals surface area (Å²) in [6.45, 7) is 4.41. The van der Waals surface area contributed by atoms with Crippen molar-refractivity contribution in [2.24, 2.45) is 11.1 Å². The minimum absolute atomic E-state index is 0.342. The predicted molar refractivity (Wildman–Crippen MR) is 65.5 cm³/mol. The van der Waals surface area contributed by atoms with Crippen LogP contribution in [-0.2, 0) is 9.47 Å². The highest BCUT2D eigenvalue weighted by atomic mass is 16.6. The van der Waals surface area contributed by atoms with Crippen molar-refractivity contribution >= 4 is 6.09 Å². The van der Waals surface area contributed by atoms with E-state index in [4.69, 9.17) is 15.2 Å². The average molecular weight is 237 g/mol. The first-order valence-electron chi connectivity index (χ1n) is 5.47. The molecule has 1 atom stereocenters. The molecule has 1 amide bonds. The molecule has 0 bridgehead atoms. The summed E-state index contributed by atoms with van der Waals surface area (Å²) in [5, 5.41) is 0. The molecule has 1 unspecified atom stereocenters. The van der Waals surface area contributed by atoms with Crippen LogP contribution in [0.3, 0.4) is 0 Å². The third kappa shape index (κ3) is 3.75. The molecule has 0 heterocycles. The number of nitrogens with two attached hydrogens (primary N) is 1. The van der Waals surface area contributed by atoms with Crippen LogP contribution in [0.1, 0.15) is 25.5 Å². The van der Waals surface area contributed by atoms with Crippen molar-refractivity contribution in [3.05, 3.63) is 35.9 Å². The average Bonchev–Trinajstić information content (AvgIpc) is 2.26. The van der Waals surface area contributed by atoms with Gasteiger partial charge >= 0.3 is 6.09 Å². The molecule has 0 aliphatic heterocycles. The monoisotopic (exact) mass is 237 g/mol. The molecule has 0 aromatic heterocycles. The molecule has 94 valence electrons. The van der Waals surface area contributed by atoms with Gasteiger partial charge in [-0.3, -0.25) is 0 Å². The quantitative estimate of drug-likeness (QED) is 0.855. The van der Waals surface area contributed by atoms with Gasteiger partial charge in [0.2, 0.25) is 0 Å². The topological polar surface area (TPSA) is 61.6 Å². The molecule has 4 heteroatoms. The maximum atomic E-state index is 11.0. The minimum Gasteiger partial charge on any atom is -0.441 e. The molecule has 0 spiro atoms. The van der Waals surface area contributed by atoms with E-state index in [-0.39, 0.29) is 5.41 Å². The number of primary amides is 1. The predicted octanol–water partition coefficient (Wildman–Crippen LogP) is 2.50. The number of ether oxygens (including phenoxy) is 2. The van der Waals surface area contributed by atoms with Crippen LogP contribution in [0, 0.1) is 5.41 Å². The van der Waals surface area contributed by atoms with E-state index in [9.17, 15) is 4.79 Å². The lowest BCUT2D eigenvalue weighted by atomic mass is 9.83. The summed E-state index contributed by atoms with van der Waals surface area (Å²) in [6, 6.07) is 9.52. The van der Waals surface area contributed by atoms with Crippen LogP contribution in [-0.4, -0.2) is 19.8 Å². The zero-order chi connectivity index (χ0) is 12.9. The standard InChI is InChI=1S/C13H19NO3/c1-13(2,9-16-3)11(17-12(14)15)10-7-5-4-6-8-10/h4-8,11H,9H2,1-3H3,(H2,14,15). The maximum Gasteiger partial charge on any atom is 0.405 e. The number of benzene rings is 1. The molecule has 0 saturated heterocycles. The molecule has 0 aliphatic rings. The van der Waals surface area contributed by atoms with Crippen LogP contribution >= 0.6 is 0 Å². The van der Waals surface area contributed by atoms with Crippen molar-refractivity contribution in [2.45, 2.75) is 20.0 Å². The third-order valence-corrected chi connectivity index (χ3v) is 2.56. The van der Waals surface area contributed by atoms with Crippen molar-refractivity contribution in [2.75, 3.05) is 13.7 Å². The van der Waals surface area contributed by atoms with E-state index in [1.165, 1.54) is 0 Å². The second-order valence-corrected chi connectivity index (χ2v) is 4.65. The van der Waals surface area contributed by atoms with Gasteiger partial charge in [-0.1, -0.05) is 44.2 Å². The molecule has 0 saturated carbocycles. The number of carbonyl (C=O) groups excluding carboxylic acids is 1. The van der Waals surface area contributed by atoms with Gasteiger partial charge in [-0.2, -0.15) is 0 Å². The van der Waals surface area contributed by atoms with Gasteiger partial charge in [-0.15, -0.1) is 0 Å². The zero-order valence-electron chi connectivity index (χ0n) is 10.5. The van der Waals surface area contributed by atoms with Crippen molar-refractivity contribution in [1.82, 2.24) is 0 Å². The minimum atomic E-state index is -0.775. The normalized spacial score (nSPS) is 13.1. The van der Waals surface area contributed by atoms with E-state index in [0.29, 0.717) is 6.61 Å². The van der Waals surface area contributed by atoms with Gasteiger partial charge in [0.15, 0.2) is 0 Å². The van der Waals surface area contributed by atoms with E-state index in [1.807, 2.05) is 44.2 Å². The molecule has 4 nitrogen and oxygen atoms in total. The molecule has 17 heavy (non-hydrogen) atoms. The first-order chi connectivity index (χ1) is 7.97. The second kappa shape index (κ2) is 5.68. The van der Waals surface area contributed by atoms with Gasteiger partial charge in [0, 0.05) is 12.5 Å². The zero-order valence-corrected chi connectivity index (χ0v) is 10.5. The Hall–Kier alpha value is -1.55. The molecule has 0 fully saturated rings. The molecular formula is C13H19NO3. The largest absolute Gasteiger partial charge is 0.441 e. The van der Waals surface area contributed by atoms with E-state index in [0.717, 1.165) is 5.56 Å². The number of hydrogen-bond acceptors (Lipinski definition) is 3. The van der Waals surface area contributed by atoms with E-state index in [1.54, 1.807) is 7.11 Å². The van der Waals surface area contributed by atoms with Crippen molar-refractivity contribution in [3.8, 4) is 0 Å². The highest BCUT2D eigenvalue weighted by Crippen LogP contribution is 2.36. The highest BCUT2D eigenvalue weighted by Gasteiger charge is 2.33. The Morgan fingerprint density at radius 1 is 1.35 bits per heavy atom. The van der Waals surface area contributed by atoms with Crippen LogP contribution < -0.4 is 5.73 Å². The third-order valence-electron chi connectivity index (χ3n) is 2.56. The summed E-state index contributed by atoms with van der Waals surface area (Å²) >= 11 is 0. The van der Waals surface area contributed by atoms with Crippen molar-refractivity contribution in [3.63, 3.8) is 0 Å². The Labute approximate surface area is 102 Å². The van der Waals surface area contributed by atoms with Crippen LogP contribution in [0.4, 0.5) is 4.79 Å². The number of amides is 1. The molecular weight excluding hydrogens is 218 g/mol. The first kappa shape index (κ1) is 13.5.